The first-order valence-electron chi connectivity index (χ1n) is 12.2. The van der Waals surface area contributed by atoms with Gasteiger partial charge in [-0.2, -0.15) is 11.8 Å². The molecule has 4 bridgehead atoms. The van der Waals surface area contributed by atoms with Crippen LogP contribution in [0, 0.1) is 35.5 Å². The van der Waals surface area contributed by atoms with Crippen molar-refractivity contribution in [2.24, 2.45) is 35.5 Å². The van der Waals surface area contributed by atoms with E-state index in [9.17, 15) is 9.59 Å². The second kappa shape index (κ2) is 9.62. The average molecular weight is 421 g/mol. The van der Waals surface area contributed by atoms with Gasteiger partial charge < -0.3 is 10.6 Å². The summed E-state index contributed by atoms with van der Waals surface area (Å²) in [6, 6.07) is 0.641. The highest BCUT2D eigenvalue weighted by Gasteiger charge is 2.43. The van der Waals surface area contributed by atoms with Crippen LogP contribution in [0.1, 0.15) is 78.1 Å². The molecule has 2 amide bonds. The zero-order valence-electron chi connectivity index (χ0n) is 18.3. The molecule has 0 saturated heterocycles. The lowest BCUT2D eigenvalue weighted by molar-refractivity contribution is -0.122. The van der Waals surface area contributed by atoms with Gasteiger partial charge in [-0.15, -0.1) is 0 Å². The summed E-state index contributed by atoms with van der Waals surface area (Å²) in [5.74, 6) is 6.95. The summed E-state index contributed by atoms with van der Waals surface area (Å²) in [6.07, 6.45) is 12.1. The predicted molar refractivity (Wildman–Crippen MR) is 120 cm³/mol. The van der Waals surface area contributed by atoms with E-state index < -0.39 is 0 Å². The number of hydrogen-bond acceptors (Lipinski definition) is 3. The molecule has 4 aliphatic rings. The summed E-state index contributed by atoms with van der Waals surface area (Å²) in [5, 5.41) is 6.49. The number of thioether (sulfide) groups is 1. The van der Waals surface area contributed by atoms with Crippen LogP contribution >= 0.6 is 11.8 Å². The molecule has 29 heavy (non-hydrogen) atoms. The summed E-state index contributed by atoms with van der Waals surface area (Å²) in [6.45, 7) is 4.39. The van der Waals surface area contributed by atoms with Crippen LogP contribution in [0.2, 0.25) is 0 Å². The second-order valence-electron chi connectivity index (χ2n) is 10.5. The second-order valence-corrected chi connectivity index (χ2v) is 11.7. The third kappa shape index (κ3) is 5.32. The Bertz CT molecular complexity index is 547. The molecule has 164 valence electrons. The van der Waals surface area contributed by atoms with Gasteiger partial charge in [0.05, 0.1) is 0 Å². The quantitative estimate of drug-likeness (QED) is 0.516. The van der Waals surface area contributed by atoms with Gasteiger partial charge in [0.2, 0.25) is 11.8 Å². The van der Waals surface area contributed by atoms with E-state index in [-0.39, 0.29) is 11.8 Å². The Labute approximate surface area is 181 Å². The SMILES string of the molecule is C[C@H](NC(=O)CCSCCC(=O)N[C@H](C)[C@H]1C[C@H]2CC[C@H]1C2)[C@@H]1C[C@H]2CC[C@H]1C2. The van der Waals surface area contributed by atoms with E-state index in [1.165, 1.54) is 51.4 Å². The zero-order valence-corrected chi connectivity index (χ0v) is 19.1. The van der Waals surface area contributed by atoms with Crippen molar-refractivity contribution in [3.8, 4) is 0 Å². The highest BCUT2D eigenvalue weighted by atomic mass is 32.2. The Hall–Kier alpha value is -0.710. The monoisotopic (exact) mass is 420 g/mol. The van der Waals surface area contributed by atoms with Gasteiger partial charge in [-0.3, -0.25) is 9.59 Å². The van der Waals surface area contributed by atoms with Crippen molar-refractivity contribution in [2.75, 3.05) is 11.5 Å². The van der Waals surface area contributed by atoms with Crippen LogP contribution in [0.3, 0.4) is 0 Å². The predicted octanol–water partition coefficient (Wildman–Crippen LogP) is 4.38. The molecule has 4 saturated carbocycles. The molecule has 0 aromatic rings. The van der Waals surface area contributed by atoms with Crippen molar-refractivity contribution in [1.82, 2.24) is 10.6 Å². The smallest absolute Gasteiger partial charge is 0.221 e. The van der Waals surface area contributed by atoms with Gasteiger partial charge in [0, 0.05) is 36.4 Å². The van der Waals surface area contributed by atoms with Gasteiger partial charge in [0.1, 0.15) is 0 Å². The number of amides is 2. The first-order chi connectivity index (χ1) is 14.0. The van der Waals surface area contributed by atoms with Gasteiger partial charge in [0.25, 0.3) is 0 Å². The Morgan fingerprint density at radius 3 is 1.55 bits per heavy atom. The summed E-state index contributed by atoms with van der Waals surface area (Å²) < 4.78 is 0. The minimum Gasteiger partial charge on any atom is -0.353 e. The summed E-state index contributed by atoms with van der Waals surface area (Å²) in [7, 11) is 0. The fraction of sp³-hybridized carbons (Fsp3) is 0.917. The van der Waals surface area contributed by atoms with Crippen molar-refractivity contribution in [3.05, 3.63) is 0 Å². The third-order valence-corrected chi connectivity index (χ3v) is 9.58. The fourth-order valence-electron chi connectivity index (χ4n) is 7.11. The van der Waals surface area contributed by atoms with E-state index in [2.05, 4.69) is 24.5 Å². The molecule has 4 nitrogen and oxygen atoms in total. The van der Waals surface area contributed by atoms with Gasteiger partial charge in [-0.05, 0) is 87.9 Å². The molecular weight excluding hydrogens is 380 g/mol. The average Bonchev–Trinajstić information content (AvgIpc) is 3.48. The highest BCUT2D eigenvalue weighted by molar-refractivity contribution is 7.99. The number of carbonyl (C=O) groups is 2. The summed E-state index contributed by atoms with van der Waals surface area (Å²) in [4.78, 5) is 24.5. The Morgan fingerprint density at radius 1 is 0.759 bits per heavy atom. The molecule has 0 heterocycles. The maximum absolute atomic E-state index is 12.3. The molecule has 4 aliphatic carbocycles. The van der Waals surface area contributed by atoms with Crippen LogP contribution in [0.4, 0.5) is 0 Å². The molecule has 0 aromatic carbocycles. The molecular formula is C24H40N2O2S. The molecule has 4 fully saturated rings. The van der Waals surface area contributed by atoms with Crippen molar-refractivity contribution < 1.29 is 9.59 Å². The first-order valence-corrected chi connectivity index (χ1v) is 13.3. The molecule has 5 heteroatoms. The van der Waals surface area contributed by atoms with E-state index in [1.807, 2.05) is 0 Å². The number of hydrogen-bond donors (Lipinski definition) is 2. The van der Waals surface area contributed by atoms with Crippen LogP contribution in [0.5, 0.6) is 0 Å². The summed E-state index contributed by atoms with van der Waals surface area (Å²) in [5.41, 5.74) is 0. The Balaban J connectivity index is 1.04. The van der Waals surface area contributed by atoms with E-state index in [0.717, 1.165) is 35.2 Å². The Morgan fingerprint density at radius 2 is 1.21 bits per heavy atom. The standard InChI is InChI=1S/C24H40N2O2S/c1-15(21-13-17-3-5-19(21)11-17)25-23(27)7-9-29-10-8-24(28)26-16(2)22-14-18-4-6-20(22)12-18/h15-22H,3-14H2,1-2H3,(H,25,27)(H,26,28)/t15-,16+,17-,18-,19-,20-,21-,22+/m0/s1. The van der Waals surface area contributed by atoms with E-state index in [4.69, 9.17) is 0 Å². The summed E-state index contributed by atoms with van der Waals surface area (Å²) >= 11 is 1.73. The van der Waals surface area contributed by atoms with Crippen LogP contribution < -0.4 is 10.6 Å². The maximum atomic E-state index is 12.3. The van der Waals surface area contributed by atoms with Crippen LogP contribution in [-0.4, -0.2) is 35.4 Å². The number of carbonyl (C=O) groups excluding carboxylic acids is 2. The number of fused-ring (bicyclic) bond motifs is 4. The van der Waals surface area contributed by atoms with E-state index in [0.29, 0.717) is 36.8 Å². The molecule has 8 atom stereocenters. The molecule has 0 radical (unpaired) electrons. The van der Waals surface area contributed by atoms with Gasteiger partial charge in [-0.1, -0.05) is 12.8 Å². The van der Waals surface area contributed by atoms with Crippen molar-refractivity contribution >= 4 is 23.6 Å². The highest BCUT2D eigenvalue weighted by Crippen LogP contribution is 2.50. The molecule has 0 spiro atoms. The fourth-order valence-corrected chi connectivity index (χ4v) is 7.97. The third-order valence-electron chi connectivity index (χ3n) is 8.59. The lowest BCUT2D eigenvalue weighted by atomic mass is 9.84. The van der Waals surface area contributed by atoms with Crippen LogP contribution in [-0.2, 0) is 9.59 Å². The first kappa shape index (κ1) is 21.5. The van der Waals surface area contributed by atoms with E-state index in [1.54, 1.807) is 11.8 Å². The van der Waals surface area contributed by atoms with Crippen molar-refractivity contribution in [3.63, 3.8) is 0 Å². The number of nitrogens with one attached hydrogen (secondary N) is 2. The van der Waals surface area contributed by atoms with Crippen molar-refractivity contribution in [1.29, 1.82) is 0 Å². The topological polar surface area (TPSA) is 58.2 Å². The lowest BCUT2D eigenvalue weighted by Crippen LogP contribution is -2.40. The van der Waals surface area contributed by atoms with Gasteiger partial charge in [-0.25, -0.2) is 0 Å². The molecule has 0 aliphatic heterocycles. The van der Waals surface area contributed by atoms with E-state index >= 15 is 0 Å². The van der Waals surface area contributed by atoms with Gasteiger partial charge in [0.15, 0.2) is 0 Å². The molecule has 4 rings (SSSR count). The largest absolute Gasteiger partial charge is 0.353 e. The lowest BCUT2D eigenvalue weighted by Gasteiger charge is -2.28. The minimum atomic E-state index is 0.183. The number of rotatable bonds is 10. The normalized spacial score (nSPS) is 36.9. The van der Waals surface area contributed by atoms with Gasteiger partial charge >= 0.3 is 0 Å². The van der Waals surface area contributed by atoms with Crippen LogP contribution in [0.25, 0.3) is 0 Å². The van der Waals surface area contributed by atoms with Crippen molar-refractivity contribution in [2.45, 2.75) is 90.1 Å². The minimum absolute atomic E-state index is 0.183. The molecule has 0 unspecified atom stereocenters. The molecule has 2 N–H and O–H groups in total. The Kier molecular flexibility index (Phi) is 7.14. The molecule has 0 aromatic heterocycles. The maximum Gasteiger partial charge on any atom is 0.221 e. The van der Waals surface area contributed by atoms with Crippen LogP contribution in [0.15, 0.2) is 0 Å². The zero-order chi connectivity index (χ0) is 20.4.